The Kier molecular flexibility index (Phi) is 6.08. The molecule has 0 saturated carbocycles. The maximum Gasteiger partial charge on any atom is 0.257 e. The first-order valence-electron chi connectivity index (χ1n) is 8.87. The molecule has 144 valence electrons. The number of ether oxygens (including phenoxy) is 1. The number of rotatable bonds is 6. The summed E-state index contributed by atoms with van der Waals surface area (Å²) in [7, 11) is -2.30. The van der Waals surface area contributed by atoms with Gasteiger partial charge in [-0.3, -0.25) is 9.78 Å². The van der Waals surface area contributed by atoms with Crippen LogP contribution in [0.25, 0.3) is 0 Å². The van der Waals surface area contributed by atoms with Crippen LogP contribution < -0.4 is 9.46 Å². The number of amides is 1. The lowest BCUT2D eigenvalue weighted by atomic mass is 10.1. The number of sulfonamides is 1. The van der Waals surface area contributed by atoms with Crippen LogP contribution in [0.2, 0.25) is 0 Å². The highest BCUT2D eigenvalue weighted by atomic mass is 32.2. The van der Waals surface area contributed by atoms with Gasteiger partial charge < -0.3 is 9.64 Å². The van der Waals surface area contributed by atoms with Crippen LogP contribution in [0.3, 0.4) is 0 Å². The minimum Gasteiger partial charge on any atom is -0.496 e. The van der Waals surface area contributed by atoms with Crippen molar-refractivity contribution in [2.24, 2.45) is 0 Å². The molecule has 1 saturated heterocycles. The summed E-state index contributed by atoms with van der Waals surface area (Å²) in [5.74, 6) is 0.177. The fourth-order valence-electron chi connectivity index (χ4n) is 3.05. The number of aromatic nitrogens is 1. The van der Waals surface area contributed by atoms with E-state index in [0.29, 0.717) is 18.8 Å². The van der Waals surface area contributed by atoms with Crippen LogP contribution in [0.5, 0.6) is 5.75 Å². The highest BCUT2D eigenvalue weighted by Gasteiger charge is 2.24. The number of methoxy groups -OCH3 is 1. The summed E-state index contributed by atoms with van der Waals surface area (Å²) in [6.45, 7) is 1.50. The second-order valence-electron chi connectivity index (χ2n) is 6.39. The molecule has 1 aliphatic rings. The molecule has 1 amide bonds. The summed E-state index contributed by atoms with van der Waals surface area (Å²) >= 11 is 0. The summed E-state index contributed by atoms with van der Waals surface area (Å²) in [6.07, 6.45) is 6.23. The number of likely N-dealkylation sites (tertiary alicyclic amines) is 1. The van der Waals surface area contributed by atoms with Gasteiger partial charge in [0.25, 0.3) is 5.91 Å². The molecular formula is C19H23N3O4S. The predicted octanol–water partition coefficient (Wildman–Crippen LogP) is 2.19. The molecule has 0 radical (unpaired) electrons. The van der Waals surface area contributed by atoms with Gasteiger partial charge in [0.2, 0.25) is 10.0 Å². The maximum atomic E-state index is 12.9. The van der Waals surface area contributed by atoms with E-state index in [-0.39, 0.29) is 22.9 Å². The topological polar surface area (TPSA) is 88.6 Å². The molecule has 8 heteroatoms. The molecule has 0 spiro atoms. The molecule has 0 atom stereocenters. The molecule has 2 heterocycles. The predicted molar refractivity (Wildman–Crippen MR) is 101 cm³/mol. The second kappa shape index (κ2) is 8.49. The van der Waals surface area contributed by atoms with Gasteiger partial charge in [0.1, 0.15) is 5.75 Å². The zero-order chi connectivity index (χ0) is 19.3. The Labute approximate surface area is 159 Å². The number of carbonyl (C=O) groups excluding carboxylic acids is 1. The van der Waals surface area contributed by atoms with E-state index in [0.717, 1.165) is 24.8 Å². The van der Waals surface area contributed by atoms with E-state index in [1.807, 2.05) is 0 Å². The molecule has 3 rings (SSSR count). The van der Waals surface area contributed by atoms with E-state index < -0.39 is 10.0 Å². The number of nitrogens with zero attached hydrogens (tertiary/aromatic N) is 2. The molecule has 0 unspecified atom stereocenters. The number of piperidine rings is 1. The third kappa shape index (κ3) is 4.64. The molecule has 27 heavy (non-hydrogen) atoms. The Balaban J connectivity index is 1.84. The molecule has 7 nitrogen and oxygen atoms in total. The Bertz CT molecular complexity index is 894. The standard InChI is InChI=1S/C19H23N3O4S/c1-26-18-6-5-16(13-17(18)19(23)22-11-3-2-4-12-22)27(24,25)21-14-15-7-9-20-10-8-15/h5-10,13,21H,2-4,11-12,14H2,1H3. The van der Waals surface area contributed by atoms with E-state index in [1.165, 1.54) is 25.3 Å². The van der Waals surface area contributed by atoms with Crippen LogP contribution in [-0.2, 0) is 16.6 Å². The molecule has 0 bridgehead atoms. The van der Waals surface area contributed by atoms with Crippen LogP contribution in [-0.4, -0.2) is 44.4 Å². The molecule has 1 aromatic carbocycles. The zero-order valence-electron chi connectivity index (χ0n) is 15.2. The highest BCUT2D eigenvalue weighted by molar-refractivity contribution is 7.89. The smallest absolute Gasteiger partial charge is 0.257 e. The van der Waals surface area contributed by atoms with Gasteiger partial charge >= 0.3 is 0 Å². The van der Waals surface area contributed by atoms with Crippen molar-refractivity contribution in [1.82, 2.24) is 14.6 Å². The SMILES string of the molecule is COc1ccc(S(=O)(=O)NCc2ccncc2)cc1C(=O)N1CCCCC1. The molecule has 1 aromatic heterocycles. The van der Waals surface area contributed by atoms with E-state index in [4.69, 9.17) is 4.74 Å². The Hall–Kier alpha value is -2.45. The minimum atomic E-state index is -3.77. The van der Waals surface area contributed by atoms with Gasteiger partial charge in [-0.05, 0) is 55.2 Å². The molecule has 1 N–H and O–H groups in total. The van der Waals surface area contributed by atoms with Crippen molar-refractivity contribution in [3.63, 3.8) is 0 Å². The molecule has 1 aliphatic heterocycles. The van der Waals surface area contributed by atoms with Gasteiger partial charge in [0, 0.05) is 32.0 Å². The highest BCUT2D eigenvalue weighted by Crippen LogP contribution is 2.25. The largest absolute Gasteiger partial charge is 0.496 e. The number of pyridine rings is 1. The monoisotopic (exact) mass is 389 g/mol. The van der Waals surface area contributed by atoms with Gasteiger partial charge in [-0.15, -0.1) is 0 Å². The van der Waals surface area contributed by atoms with Crippen molar-refractivity contribution in [2.45, 2.75) is 30.7 Å². The molecular weight excluding hydrogens is 366 g/mol. The van der Waals surface area contributed by atoms with E-state index in [9.17, 15) is 13.2 Å². The van der Waals surface area contributed by atoms with Crippen LogP contribution >= 0.6 is 0 Å². The summed E-state index contributed by atoms with van der Waals surface area (Å²) < 4.78 is 33.2. The lowest BCUT2D eigenvalue weighted by Crippen LogP contribution is -2.36. The van der Waals surface area contributed by atoms with Crippen molar-refractivity contribution in [1.29, 1.82) is 0 Å². The van der Waals surface area contributed by atoms with Gasteiger partial charge in [-0.2, -0.15) is 0 Å². The third-order valence-corrected chi connectivity index (χ3v) is 5.97. The molecule has 0 aliphatic carbocycles. The minimum absolute atomic E-state index is 0.0396. The summed E-state index contributed by atoms with van der Waals surface area (Å²) in [4.78, 5) is 18.6. The van der Waals surface area contributed by atoms with E-state index >= 15 is 0 Å². The van der Waals surface area contributed by atoms with Gasteiger partial charge in [-0.25, -0.2) is 13.1 Å². The van der Waals surface area contributed by atoms with Gasteiger partial charge in [-0.1, -0.05) is 0 Å². The average Bonchev–Trinajstić information content (AvgIpc) is 2.72. The van der Waals surface area contributed by atoms with Crippen molar-refractivity contribution in [3.8, 4) is 5.75 Å². The fraction of sp³-hybridized carbons (Fsp3) is 0.368. The quantitative estimate of drug-likeness (QED) is 0.818. The van der Waals surface area contributed by atoms with Crippen LogP contribution in [0.1, 0.15) is 35.2 Å². The lowest BCUT2D eigenvalue weighted by molar-refractivity contribution is 0.0720. The zero-order valence-corrected chi connectivity index (χ0v) is 16.0. The fourth-order valence-corrected chi connectivity index (χ4v) is 4.09. The normalized spacial score (nSPS) is 14.8. The molecule has 2 aromatic rings. The van der Waals surface area contributed by atoms with Gasteiger partial charge in [0.15, 0.2) is 0 Å². The number of hydrogen-bond acceptors (Lipinski definition) is 5. The second-order valence-corrected chi connectivity index (χ2v) is 8.16. The Morgan fingerprint density at radius 2 is 1.85 bits per heavy atom. The number of benzene rings is 1. The van der Waals surface area contributed by atoms with Crippen molar-refractivity contribution in [3.05, 3.63) is 53.9 Å². The van der Waals surface area contributed by atoms with Crippen molar-refractivity contribution in [2.75, 3.05) is 20.2 Å². The van der Waals surface area contributed by atoms with Crippen molar-refractivity contribution >= 4 is 15.9 Å². The van der Waals surface area contributed by atoms with E-state index in [1.54, 1.807) is 29.4 Å². The Morgan fingerprint density at radius 3 is 2.52 bits per heavy atom. The lowest BCUT2D eigenvalue weighted by Gasteiger charge is -2.27. The van der Waals surface area contributed by atoms with Crippen LogP contribution in [0.4, 0.5) is 0 Å². The Morgan fingerprint density at radius 1 is 1.15 bits per heavy atom. The summed E-state index contributed by atoms with van der Waals surface area (Å²) in [6, 6.07) is 7.84. The first-order valence-corrected chi connectivity index (χ1v) is 10.4. The summed E-state index contributed by atoms with van der Waals surface area (Å²) in [5.41, 5.74) is 1.07. The first kappa shape index (κ1) is 19.3. The van der Waals surface area contributed by atoms with E-state index in [2.05, 4.69) is 9.71 Å². The summed E-state index contributed by atoms with van der Waals surface area (Å²) in [5, 5.41) is 0. The number of hydrogen-bond donors (Lipinski definition) is 1. The van der Waals surface area contributed by atoms with Crippen molar-refractivity contribution < 1.29 is 17.9 Å². The maximum absolute atomic E-state index is 12.9. The van der Waals surface area contributed by atoms with Gasteiger partial charge in [0.05, 0.1) is 17.6 Å². The number of carbonyl (C=O) groups is 1. The van der Waals surface area contributed by atoms with Crippen LogP contribution in [0.15, 0.2) is 47.6 Å². The third-order valence-electron chi connectivity index (χ3n) is 4.57. The average molecular weight is 389 g/mol. The molecule has 1 fully saturated rings. The first-order chi connectivity index (χ1) is 13.0. The number of nitrogens with one attached hydrogen (secondary N) is 1. The van der Waals surface area contributed by atoms with Crippen LogP contribution in [0, 0.1) is 0 Å².